The van der Waals surface area contributed by atoms with E-state index in [0.29, 0.717) is 13.2 Å². The fourth-order valence-corrected chi connectivity index (χ4v) is 6.38. The van der Waals surface area contributed by atoms with Gasteiger partial charge in [-0.25, -0.2) is 0 Å². The number of nitrogens with zero attached hydrogens (tertiary/aromatic N) is 3. The lowest BCUT2D eigenvalue weighted by Crippen LogP contribution is -2.56. The molecule has 6 rings (SSSR count). The maximum atomic E-state index is 13.7. The van der Waals surface area contributed by atoms with E-state index in [1.165, 1.54) is 16.0 Å². The molecule has 0 radical (unpaired) electrons. The van der Waals surface area contributed by atoms with Gasteiger partial charge in [0.05, 0.1) is 25.9 Å². The van der Waals surface area contributed by atoms with Crippen LogP contribution >= 0.6 is 11.3 Å². The van der Waals surface area contributed by atoms with Gasteiger partial charge in [-0.3, -0.25) is 4.79 Å². The largest absolute Gasteiger partial charge is 0.371 e. The highest BCUT2D eigenvalue weighted by atomic mass is 32.1. The number of rotatable bonds is 7. The van der Waals surface area contributed by atoms with Gasteiger partial charge in [-0.2, -0.15) is 0 Å². The first-order valence-corrected chi connectivity index (χ1v) is 13.2. The smallest absolute Gasteiger partial charge is 0.250 e. The summed E-state index contributed by atoms with van der Waals surface area (Å²) >= 11 is 1.80. The molecule has 3 fully saturated rings. The van der Waals surface area contributed by atoms with Gasteiger partial charge in [-0.15, -0.1) is 11.3 Å². The van der Waals surface area contributed by atoms with Crippen molar-refractivity contribution >= 4 is 22.9 Å². The second kappa shape index (κ2) is 9.17. The van der Waals surface area contributed by atoms with E-state index >= 15 is 0 Å². The molecule has 4 heterocycles. The maximum Gasteiger partial charge on any atom is 0.250 e. The van der Waals surface area contributed by atoms with Crippen molar-refractivity contribution < 1.29 is 9.53 Å². The predicted octanol–water partition coefficient (Wildman–Crippen LogP) is 4.50. The summed E-state index contributed by atoms with van der Waals surface area (Å²) in [5.41, 5.74) is 3.48. The molecular formula is C28H31N3O2S. The molecule has 6 heteroatoms. The van der Waals surface area contributed by atoms with Gasteiger partial charge < -0.3 is 19.4 Å². The minimum atomic E-state index is -0.429. The molecule has 1 spiro atoms. The van der Waals surface area contributed by atoms with Crippen LogP contribution in [-0.4, -0.2) is 66.8 Å². The summed E-state index contributed by atoms with van der Waals surface area (Å²) in [5.74, 6) is 0.287. The third kappa shape index (κ3) is 4.15. The highest BCUT2D eigenvalue weighted by Gasteiger charge is 2.54. The van der Waals surface area contributed by atoms with Gasteiger partial charge in [0.1, 0.15) is 5.54 Å². The summed E-state index contributed by atoms with van der Waals surface area (Å²) in [7, 11) is 0. The van der Waals surface area contributed by atoms with Crippen LogP contribution in [0.5, 0.6) is 0 Å². The number of ether oxygens (including phenoxy) is 1. The molecule has 3 aliphatic heterocycles. The molecule has 0 N–H and O–H groups in total. The second-order valence-electron chi connectivity index (χ2n) is 9.65. The molecule has 34 heavy (non-hydrogen) atoms. The number of benzene rings is 2. The number of piperidine rings is 1. The summed E-state index contributed by atoms with van der Waals surface area (Å²) in [5, 5.41) is 2.14. The number of likely N-dealkylation sites (tertiary alicyclic amines) is 1. The Morgan fingerprint density at radius 1 is 0.971 bits per heavy atom. The van der Waals surface area contributed by atoms with Gasteiger partial charge in [0, 0.05) is 30.2 Å². The van der Waals surface area contributed by atoms with Gasteiger partial charge >= 0.3 is 0 Å². The molecule has 1 amide bonds. The van der Waals surface area contributed by atoms with Gasteiger partial charge in [-0.1, -0.05) is 48.5 Å². The van der Waals surface area contributed by atoms with E-state index in [-0.39, 0.29) is 12.0 Å². The molecule has 3 aliphatic rings. The summed E-state index contributed by atoms with van der Waals surface area (Å²) in [6, 6.07) is 23.6. The topological polar surface area (TPSA) is 39.3 Å². The predicted molar refractivity (Wildman–Crippen MR) is 137 cm³/mol. The SMILES string of the molecule is O=C1N(CC2CO2)CN(c2ccccc2)C12CCN(CCc1ccccc1-c1cccs1)CC2. The summed E-state index contributed by atoms with van der Waals surface area (Å²) < 4.78 is 5.44. The summed E-state index contributed by atoms with van der Waals surface area (Å²) in [4.78, 5) is 22.0. The second-order valence-corrected chi connectivity index (χ2v) is 10.6. The molecule has 0 bridgehead atoms. The number of epoxide rings is 1. The van der Waals surface area contributed by atoms with Crippen molar-refractivity contribution in [3.63, 3.8) is 0 Å². The Morgan fingerprint density at radius 3 is 2.47 bits per heavy atom. The van der Waals surface area contributed by atoms with E-state index in [1.807, 2.05) is 11.0 Å². The highest BCUT2D eigenvalue weighted by molar-refractivity contribution is 7.13. The zero-order valence-corrected chi connectivity index (χ0v) is 20.3. The summed E-state index contributed by atoms with van der Waals surface area (Å²) in [6.07, 6.45) is 2.99. The van der Waals surface area contributed by atoms with Gasteiger partial charge in [0.2, 0.25) is 5.91 Å². The van der Waals surface area contributed by atoms with Crippen LogP contribution in [-0.2, 0) is 16.0 Å². The molecule has 176 valence electrons. The van der Waals surface area contributed by atoms with Gasteiger partial charge in [0.15, 0.2) is 0 Å². The molecule has 1 unspecified atom stereocenters. The van der Waals surface area contributed by atoms with Crippen LogP contribution in [0.3, 0.4) is 0 Å². The Morgan fingerprint density at radius 2 is 1.74 bits per heavy atom. The van der Waals surface area contributed by atoms with Crippen molar-refractivity contribution in [2.24, 2.45) is 0 Å². The average molecular weight is 474 g/mol. The van der Waals surface area contributed by atoms with Crippen molar-refractivity contribution in [2.75, 3.05) is 44.4 Å². The monoisotopic (exact) mass is 473 g/mol. The highest BCUT2D eigenvalue weighted by Crippen LogP contribution is 2.40. The fourth-order valence-electron chi connectivity index (χ4n) is 5.60. The van der Waals surface area contributed by atoms with Crippen LogP contribution in [0, 0.1) is 0 Å². The minimum absolute atomic E-state index is 0.222. The average Bonchev–Trinajstić information content (AvgIpc) is 3.46. The number of hydrogen-bond donors (Lipinski definition) is 0. The lowest BCUT2D eigenvalue weighted by molar-refractivity contribution is -0.133. The Balaban J connectivity index is 1.15. The molecule has 0 aliphatic carbocycles. The first-order chi connectivity index (χ1) is 16.7. The van der Waals surface area contributed by atoms with Crippen LogP contribution in [0.1, 0.15) is 18.4 Å². The van der Waals surface area contributed by atoms with Crippen LogP contribution < -0.4 is 4.90 Å². The minimum Gasteiger partial charge on any atom is -0.371 e. The Labute approximate surface area is 205 Å². The van der Waals surface area contributed by atoms with E-state index in [1.54, 1.807) is 11.3 Å². The third-order valence-electron chi connectivity index (χ3n) is 7.59. The van der Waals surface area contributed by atoms with Crippen molar-refractivity contribution in [1.82, 2.24) is 9.80 Å². The lowest BCUT2D eigenvalue weighted by Gasteiger charge is -2.43. The van der Waals surface area contributed by atoms with Crippen molar-refractivity contribution in [3.8, 4) is 10.4 Å². The number of anilines is 1. The van der Waals surface area contributed by atoms with Crippen LogP contribution in [0.25, 0.3) is 10.4 Å². The molecule has 1 aromatic heterocycles. The van der Waals surface area contributed by atoms with Crippen LogP contribution in [0.2, 0.25) is 0 Å². The third-order valence-corrected chi connectivity index (χ3v) is 8.50. The molecule has 5 nitrogen and oxygen atoms in total. The first kappa shape index (κ1) is 21.8. The van der Waals surface area contributed by atoms with Gasteiger partial charge in [0.25, 0.3) is 0 Å². The van der Waals surface area contributed by atoms with E-state index in [9.17, 15) is 4.79 Å². The normalized spacial score (nSPS) is 22.0. The van der Waals surface area contributed by atoms with E-state index in [0.717, 1.165) is 51.2 Å². The van der Waals surface area contributed by atoms with E-state index in [4.69, 9.17) is 4.74 Å². The van der Waals surface area contributed by atoms with Crippen molar-refractivity contribution in [1.29, 1.82) is 0 Å². The van der Waals surface area contributed by atoms with E-state index < -0.39 is 5.54 Å². The number of carbonyl (C=O) groups excluding carboxylic acids is 1. The van der Waals surface area contributed by atoms with Crippen molar-refractivity contribution in [2.45, 2.75) is 30.9 Å². The molecule has 1 atom stereocenters. The van der Waals surface area contributed by atoms with E-state index in [2.05, 4.69) is 75.8 Å². The molecule has 3 saturated heterocycles. The lowest BCUT2D eigenvalue weighted by atomic mass is 9.85. The number of carbonyl (C=O) groups is 1. The Hall–Kier alpha value is -2.67. The standard InChI is InChI=1S/C28H31N3O2S/c32-27-28(31(23-8-2-1-3-9-23)21-30(27)19-24-20-33-24)13-16-29(17-14-28)15-12-22-7-4-5-10-25(22)26-11-6-18-34-26/h1-11,18,24H,12-17,19-21H2. The molecule has 0 saturated carbocycles. The number of hydrogen-bond acceptors (Lipinski definition) is 5. The fraction of sp³-hybridized carbons (Fsp3) is 0.393. The molecule has 2 aromatic carbocycles. The maximum absolute atomic E-state index is 13.7. The number of para-hydroxylation sites is 1. The Bertz CT molecular complexity index is 1120. The van der Waals surface area contributed by atoms with Gasteiger partial charge in [-0.05, 0) is 54.0 Å². The quantitative estimate of drug-likeness (QED) is 0.474. The Kier molecular flexibility index (Phi) is 5.89. The molecule has 3 aromatic rings. The summed E-state index contributed by atoms with van der Waals surface area (Å²) in [6.45, 7) is 5.08. The van der Waals surface area contributed by atoms with Crippen LogP contribution in [0.15, 0.2) is 72.1 Å². The molecular weight excluding hydrogens is 442 g/mol. The van der Waals surface area contributed by atoms with Crippen molar-refractivity contribution in [3.05, 3.63) is 77.7 Å². The zero-order valence-electron chi connectivity index (χ0n) is 19.4. The number of thiophene rings is 1. The zero-order chi connectivity index (χ0) is 23.0. The van der Waals surface area contributed by atoms with Crippen LogP contribution in [0.4, 0.5) is 5.69 Å². The first-order valence-electron chi connectivity index (χ1n) is 12.3. The number of amides is 1.